The Morgan fingerprint density at radius 3 is 2.45 bits per heavy atom. The fraction of sp³-hybridized carbons (Fsp3) is 0.571. The summed E-state index contributed by atoms with van der Waals surface area (Å²) < 4.78 is 1.61. The normalized spacial score (nSPS) is 10.4. The lowest BCUT2D eigenvalue weighted by Crippen LogP contribution is -1.98. The fourth-order valence-electron chi connectivity index (χ4n) is 1.03. The van der Waals surface area contributed by atoms with E-state index in [1.165, 1.54) is 0 Å². The molecule has 0 amide bonds. The lowest BCUT2D eigenvalue weighted by atomic mass is 10.2. The molecule has 0 radical (unpaired) electrons. The SMILES string of the molecule is CCCc1nn(C)c(N)c1N. The summed E-state index contributed by atoms with van der Waals surface area (Å²) in [6, 6.07) is 0. The summed E-state index contributed by atoms with van der Waals surface area (Å²) in [5.74, 6) is 0.563. The highest BCUT2D eigenvalue weighted by Gasteiger charge is 2.07. The van der Waals surface area contributed by atoms with Gasteiger partial charge in [0, 0.05) is 7.05 Å². The lowest BCUT2D eigenvalue weighted by Gasteiger charge is -1.92. The average molecular weight is 154 g/mol. The molecule has 4 N–H and O–H groups in total. The van der Waals surface area contributed by atoms with Gasteiger partial charge in [-0.1, -0.05) is 13.3 Å². The highest BCUT2D eigenvalue weighted by molar-refractivity contribution is 5.61. The molecule has 1 aromatic heterocycles. The molecule has 0 aliphatic heterocycles. The lowest BCUT2D eigenvalue weighted by molar-refractivity contribution is 0.741. The summed E-state index contributed by atoms with van der Waals surface area (Å²) in [4.78, 5) is 0. The Morgan fingerprint density at radius 1 is 1.45 bits per heavy atom. The molecule has 1 rings (SSSR count). The van der Waals surface area contributed by atoms with Gasteiger partial charge in [0.15, 0.2) is 0 Å². The number of nitrogens with two attached hydrogens (primary N) is 2. The number of aromatic nitrogens is 2. The van der Waals surface area contributed by atoms with Crippen LogP contribution < -0.4 is 11.5 Å². The molecule has 4 nitrogen and oxygen atoms in total. The maximum absolute atomic E-state index is 5.68. The Labute approximate surface area is 66.2 Å². The molecule has 1 aromatic rings. The predicted molar refractivity (Wildman–Crippen MR) is 46.0 cm³/mol. The van der Waals surface area contributed by atoms with Gasteiger partial charge in [0.25, 0.3) is 0 Å². The van der Waals surface area contributed by atoms with E-state index in [9.17, 15) is 0 Å². The molecule has 0 saturated carbocycles. The van der Waals surface area contributed by atoms with Crippen molar-refractivity contribution in [1.82, 2.24) is 9.78 Å². The minimum Gasteiger partial charge on any atom is -0.394 e. The molecule has 0 aliphatic rings. The second kappa shape index (κ2) is 2.82. The zero-order valence-corrected chi connectivity index (χ0v) is 6.96. The van der Waals surface area contributed by atoms with Crippen molar-refractivity contribution in [2.45, 2.75) is 19.8 Å². The van der Waals surface area contributed by atoms with Crippen LogP contribution in [0.15, 0.2) is 0 Å². The van der Waals surface area contributed by atoms with Crippen LogP contribution in [0.3, 0.4) is 0 Å². The maximum atomic E-state index is 5.68. The van der Waals surface area contributed by atoms with E-state index in [1.54, 1.807) is 11.7 Å². The van der Waals surface area contributed by atoms with E-state index < -0.39 is 0 Å². The zero-order valence-electron chi connectivity index (χ0n) is 6.96. The summed E-state index contributed by atoms with van der Waals surface area (Å²) in [5, 5.41) is 4.17. The van der Waals surface area contributed by atoms with Gasteiger partial charge >= 0.3 is 0 Å². The largest absolute Gasteiger partial charge is 0.394 e. The minimum absolute atomic E-state index is 0.563. The summed E-state index contributed by atoms with van der Waals surface area (Å²) in [5.41, 5.74) is 12.8. The topological polar surface area (TPSA) is 69.9 Å². The van der Waals surface area contributed by atoms with Crippen LogP contribution in [0.5, 0.6) is 0 Å². The Balaban J connectivity index is 2.98. The van der Waals surface area contributed by atoms with E-state index in [2.05, 4.69) is 12.0 Å². The molecule has 0 saturated heterocycles. The second-order valence-corrected chi connectivity index (χ2v) is 2.62. The Hall–Kier alpha value is -1.19. The van der Waals surface area contributed by atoms with Crippen LogP contribution in [0.2, 0.25) is 0 Å². The Kier molecular flexibility index (Phi) is 2.03. The molecule has 0 fully saturated rings. The van der Waals surface area contributed by atoms with Crippen LogP contribution in [0.25, 0.3) is 0 Å². The van der Waals surface area contributed by atoms with Crippen molar-refractivity contribution in [2.24, 2.45) is 7.05 Å². The highest BCUT2D eigenvalue weighted by atomic mass is 15.3. The number of hydrogen-bond donors (Lipinski definition) is 2. The van der Waals surface area contributed by atoms with Crippen LogP contribution in [0.1, 0.15) is 19.0 Å². The van der Waals surface area contributed by atoms with E-state index in [1.807, 2.05) is 0 Å². The summed E-state index contributed by atoms with van der Waals surface area (Å²) in [6.45, 7) is 2.09. The van der Waals surface area contributed by atoms with Crippen LogP contribution in [-0.4, -0.2) is 9.78 Å². The molecule has 0 spiro atoms. The van der Waals surface area contributed by atoms with E-state index >= 15 is 0 Å². The number of nitrogens with zero attached hydrogens (tertiary/aromatic N) is 2. The number of aryl methyl sites for hydroxylation is 2. The second-order valence-electron chi connectivity index (χ2n) is 2.62. The third-order valence-corrected chi connectivity index (χ3v) is 1.69. The first-order valence-electron chi connectivity index (χ1n) is 3.73. The first-order valence-corrected chi connectivity index (χ1v) is 3.73. The third-order valence-electron chi connectivity index (χ3n) is 1.69. The van der Waals surface area contributed by atoms with Crippen molar-refractivity contribution >= 4 is 11.5 Å². The predicted octanol–water partition coefficient (Wildman–Crippen LogP) is 0.537. The smallest absolute Gasteiger partial charge is 0.145 e. The summed E-state index contributed by atoms with van der Waals surface area (Å²) in [6.07, 6.45) is 1.94. The van der Waals surface area contributed by atoms with Crippen LogP contribution >= 0.6 is 0 Å². The van der Waals surface area contributed by atoms with E-state index in [-0.39, 0.29) is 0 Å². The van der Waals surface area contributed by atoms with Crippen LogP contribution in [0.4, 0.5) is 11.5 Å². The highest BCUT2D eigenvalue weighted by Crippen LogP contribution is 2.18. The Morgan fingerprint density at radius 2 is 2.09 bits per heavy atom. The molecule has 0 aromatic carbocycles. The van der Waals surface area contributed by atoms with Gasteiger partial charge in [0.05, 0.1) is 11.4 Å². The van der Waals surface area contributed by atoms with Crippen LogP contribution in [0, 0.1) is 0 Å². The zero-order chi connectivity index (χ0) is 8.43. The van der Waals surface area contributed by atoms with Crippen molar-refractivity contribution in [3.63, 3.8) is 0 Å². The van der Waals surface area contributed by atoms with E-state index in [0.29, 0.717) is 11.5 Å². The molecule has 11 heavy (non-hydrogen) atoms. The molecule has 0 aliphatic carbocycles. The molecule has 0 atom stereocenters. The van der Waals surface area contributed by atoms with Crippen molar-refractivity contribution < 1.29 is 0 Å². The van der Waals surface area contributed by atoms with Gasteiger partial charge in [-0.15, -0.1) is 0 Å². The van der Waals surface area contributed by atoms with Crippen LogP contribution in [-0.2, 0) is 13.5 Å². The summed E-state index contributed by atoms with van der Waals surface area (Å²) in [7, 11) is 1.80. The van der Waals surface area contributed by atoms with E-state index in [4.69, 9.17) is 11.5 Å². The van der Waals surface area contributed by atoms with Gasteiger partial charge < -0.3 is 11.5 Å². The first-order chi connectivity index (χ1) is 5.16. The number of nitrogen functional groups attached to an aromatic ring is 2. The number of rotatable bonds is 2. The Bertz CT molecular complexity index is 251. The van der Waals surface area contributed by atoms with Gasteiger partial charge in [0.2, 0.25) is 0 Å². The van der Waals surface area contributed by atoms with Crippen molar-refractivity contribution in [3.8, 4) is 0 Å². The number of anilines is 2. The van der Waals surface area contributed by atoms with Gasteiger partial charge in [-0.3, -0.25) is 4.68 Å². The van der Waals surface area contributed by atoms with Crippen molar-refractivity contribution in [1.29, 1.82) is 0 Å². The average Bonchev–Trinajstić information content (AvgIpc) is 2.19. The van der Waals surface area contributed by atoms with Gasteiger partial charge in [-0.2, -0.15) is 5.10 Å². The van der Waals surface area contributed by atoms with Gasteiger partial charge in [0.1, 0.15) is 5.82 Å². The van der Waals surface area contributed by atoms with Gasteiger partial charge in [-0.05, 0) is 6.42 Å². The van der Waals surface area contributed by atoms with Crippen molar-refractivity contribution in [2.75, 3.05) is 11.5 Å². The summed E-state index contributed by atoms with van der Waals surface area (Å²) >= 11 is 0. The molecule has 62 valence electrons. The third kappa shape index (κ3) is 1.29. The molecule has 0 unspecified atom stereocenters. The standard InChI is InChI=1S/C7H14N4/c1-3-4-5-6(8)7(9)11(2)10-5/h3-4,8-9H2,1-2H3. The van der Waals surface area contributed by atoms with Crippen molar-refractivity contribution in [3.05, 3.63) is 5.69 Å². The van der Waals surface area contributed by atoms with E-state index in [0.717, 1.165) is 18.5 Å². The minimum atomic E-state index is 0.563. The molecule has 1 heterocycles. The first kappa shape index (κ1) is 7.91. The molecule has 4 heteroatoms. The molecule has 0 bridgehead atoms. The fourth-order valence-corrected chi connectivity index (χ4v) is 1.03. The van der Waals surface area contributed by atoms with Gasteiger partial charge in [-0.25, -0.2) is 0 Å². The molecular weight excluding hydrogens is 140 g/mol. The maximum Gasteiger partial charge on any atom is 0.145 e. The monoisotopic (exact) mass is 154 g/mol. The molecular formula is C7H14N4. The number of hydrogen-bond acceptors (Lipinski definition) is 3. The quantitative estimate of drug-likeness (QED) is 0.653.